The largest absolute Gasteiger partial charge is 0.484 e. The molecule has 0 aromatic heterocycles. The predicted molar refractivity (Wildman–Crippen MR) is 151 cm³/mol. The summed E-state index contributed by atoms with van der Waals surface area (Å²) in [4.78, 5) is 28.8. The number of carbonyl (C=O) groups is 2. The SMILES string of the molecule is Cc1cc(OCC(=O)N(Cc2ccc(Br)cc2)[C@@H](Cc2ccccc2)C(=O)NC(C)(C)C)ccc1Br. The number of aryl methyl sites for hydroxylation is 1. The highest BCUT2D eigenvalue weighted by atomic mass is 79.9. The van der Waals surface area contributed by atoms with Gasteiger partial charge in [0.25, 0.3) is 5.91 Å². The fraction of sp³-hybridized carbons (Fsp3) is 0.310. The molecule has 1 N–H and O–H groups in total. The van der Waals surface area contributed by atoms with E-state index in [1.165, 1.54) is 0 Å². The highest BCUT2D eigenvalue weighted by molar-refractivity contribution is 9.10. The molecule has 3 rings (SSSR count). The van der Waals surface area contributed by atoms with E-state index < -0.39 is 11.6 Å². The fourth-order valence-corrected chi connectivity index (χ4v) is 4.24. The van der Waals surface area contributed by atoms with E-state index in [-0.39, 0.29) is 25.0 Å². The lowest BCUT2D eigenvalue weighted by Gasteiger charge is -2.33. The lowest BCUT2D eigenvalue weighted by Crippen LogP contribution is -2.55. The molecule has 0 aliphatic rings. The van der Waals surface area contributed by atoms with Crippen LogP contribution in [-0.2, 0) is 22.6 Å². The first-order chi connectivity index (χ1) is 17.0. The van der Waals surface area contributed by atoms with Crippen molar-refractivity contribution in [2.45, 2.75) is 52.2 Å². The van der Waals surface area contributed by atoms with Gasteiger partial charge in [-0.15, -0.1) is 0 Å². The molecule has 0 spiro atoms. The quantitative estimate of drug-likeness (QED) is 0.301. The number of halogens is 2. The van der Waals surface area contributed by atoms with Gasteiger partial charge in [0, 0.05) is 27.4 Å². The highest BCUT2D eigenvalue weighted by Crippen LogP contribution is 2.22. The molecule has 0 unspecified atom stereocenters. The van der Waals surface area contributed by atoms with Gasteiger partial charge in [0.15, 0.2) is 6.61 Å². The molecule has 0 bridgehead atoms. The summed E-state index contributed by atoms with van der Waals surface area (Å²) < 4.78 is 7.79. The van der Waals surface area contributed by atoms with Crippen LogP contribution in [0.4, 0.5) is 0 Å². The van der Waals surface area contributed by atoms with Gasteiger partial charge in [-0.25, -0.2) is 0 Å². The van der Waals surface area contributed by atoms with Crippen LogP contribution in [0.15, 0.2) is 81.7 Å². The Balaban J connectivity index is 1.92. The van der Waals surface area contributed by atoms with E-state index in [0.29, 0.717) is 12.2 Å². The molecule has 0 fully saturated rings. The summed E-state index contributed by atoms with van der Waals surface area (Å²) in [5.74, 6) is 0.145. The van der Waals surface area contributed by atoms with E-state index in [0.717, 1.165) is 25.6 Å². The molecule has 3 aromatic rings. The van der Waals surface area contributed by atoms with Crippen molar-refractivity contribution in [1.29, 1.82) is 0 Å². The Bertz CT molecular complexity index is 1180. The number of hydrogen-bond donors (Lipinski definition) is 1. The van der Waals surface area contributed by atoms with Crippen LogP contribution in [-0.4, -0.2) is 34.9 Å². The summed E-state index contributed by atoms with van der Waals surface area (Å²) in [5.41, 5.74) is 2.47. The van der Waals surface area contributed by atoms with Gasteiger partial charge in [0.1, 0.15) is 11.8 Å². The number of rotatable bonds is 9. The molecule has 5 nitrogen and oxygen atoms in total. The number of amides is 2. The van der Waals surface area contributed by atoms with Gasteiger partial charge in [0.05, 0.1) is 0 Å². The number of hydrogen-bond acceptors (Lipinski definition) is 3. The fourth-order valence-electron chi connectivity index (χ4n) is 3.73. The minimum atomic E-state index is -0.710. The third-order valence-electron chi connectivity index (χ3n) is 5.53. The van der Waals surface area contributed by atoms with Gasteiger partial charge >= 0.3 is 0 Å². The molecule has 0 heterocycles. The number of ether oxygens (including phenoxy) is 1. The number of carbonyl (C=O) groups excluding carboxylic acids is 2. The molecule has 190 valence electrons. The van der Waals surface area contributed by atoms with Gasteiger partial charge in [-0.1, -0.05) is 74.3 Å². The minimum Gasteiger partial charge on any atom is -0.484 e. The smallest absolute Gasteiger partial charge is 0.261 e. The maximum atomic E-state index is 13.6. The molecular formula is C29H32Br2N2O3. The minimum absolute atomic E-state index is 0.175. The third-order valence-corrected chi connectivity index (χ3v) is 6.95. The predicted octanol–water partition coefficient (Wildman–Crippen LogP) is 6.45. The van der Waals surface area contributed by atoms with Crippen LogP contribution in [0.2, 0.25) is 0 Å². The molecular weight excluding hydrogens is 584 g/mol. The zero-order valence-corrected chi connectivity index (χ0v) is 24.2. The molecule has 36 heavy (non-hydrogen) atoms. The van der Waals surface area contributed by atoms with Crippen molar-refractivity contribution < 1.29 is 14.3 Å². The van der Waals surface area contributed by atoms with Gasteiger partial charge < -0.3 is 15.0 Å². The second-order valence-corrected chi connectivity index (χ2v) is 11.6. The van der Waals surface area contributed by atoms with Crippen molar-refractivity contribution in [1.82, 2.24) is 10.2 Å². The van der Waals surface area contributed by atoms with E-state index in [9.17, 15) is 9.59 Å². The summed E-state index contributed by atoms with van der Waals surface area (Å²) in [6, 6.07) is 22.4. The average Bonchev–Trinajstić information content (AvgIpc) is 2.82. The summed E-state index contributed by atoms with van der Waals surface area (Å²) >= 11 is 6.95. The van der Waals surface area contributed by atoms with Gasteiger partial charge in [-0.3, -0.25) is 9.59 Å². The number of benzene rings is 3. The normalized spacial score (nSPS) is 12.1. The third kappa shape index (κ3) is 8.49. The van der Waals surface area contributed by atoms with E-state index >= 15 is 0 Å². The average molecular weight is 616 g/mol. The van der Waals surface area contributed by atoms with E-state index in [1.807, 2.05) is 100 Å². The van der Waals surface area contributed by atoms with Crippen molar-refractivity contribution in [2.75, 3.05) is 6.61 Å². The van der Waals surface area contributed by atoms with Crippen molar-refractivity contribution in [3.05, 3.63) is 98.4 Å². The van der Waals surface area contributed by atoms with Crippen LogP contribution in [0.25, 0.3) is 0 Å². The Hall–Kier alpha value is -2.64. The second-order valence-electron chi connectivity index (χ2n) is 9.79. The van der Waals surface area contributed by atoms with Crippen LogP contribution >= 0.6 is 31.9 Å². The zero-order valence-electron chi connectivity index (χ0n) is 21.1. The molecule has 1 atom stereocenters. The topological polar surface area (TPSA) is 58.6 Å². The first kappa shape index (κ1) is 27.9. The second kappa shape index (κ2) is 12.5. The van der Waals surface area contributed by atoms with Crippen LogP contribution in [0.5, 0.6) is 5.75 Å². The molecule has 2 amide bonds. The number of nitrogens with one attached hydrogen (secondary N) is 1. The van der Waals surface area contributed by atoms with E-state index in [4.69, 9.17) is 4.74 Å². The molecule has 0 radical (unpaired) electrons. The highest BCUT2D eigenvalue weighted by Gasteiger charge is 2.32. The van der Waals surface area contributed by atoms with E-state index in [1.54, 1.807) is 4.90 Å². The molecule has 0 saturated heterocycles. The molecule has 0 saturated carbocycles. The molecule has 0 aliphatic heterocycles. The molecule has 3 aromatic carbocycles. The van der Waals surface area contributed by atoms with Crippen LogP contribution in [0.1, 0.15) is 37.5 Å². The summed E-state index contributed by atoms with van der Waals surface area (Å²) in [6.45, 7) is 7.87. The standard InChI is InChI=1S/C29H32Br2N2O3/c1-20-16-24(14-15-25(20)31)36-19-27(34)33(18-22-10-12-23(30)13-11-22)26(28(35)32-29(2,3)4)17-21-8-6-5-7-9-21/h5-16,26H,17-19H2,1-4H3,(H,32,35)/t26-/m0/s1. The Labute approximate surface area is 230 Å². The Morgan fingerprint density at radius 2 is 1.61 bits per heavy atom. The van der Waals surface area contributed by atoms with Crippen molar-refractivity contribution >= 4 is 43.7 Å². The summed E-state index contributed by atoms with van der Waals surface area (Å²) in [6.07, 6.45) is 0.391. The van der Waals surface area contributed by atoms with Gasteiger partial charge in [-0.2, -0.15) is 0 Å². The van der Waals surface area contributed by atoms with Crippen molar-refractivity contribution in [3.8, 4) is 5.75 Å². The van der Waals surface area contributed by atoms with Crippen molar-refractivity contribution in [2.24, 2.45) is 0 Å². The zero-order chi connectivity index (χ0) is 26.3. The van der Waals surface area contributed by atoms with Crippen LogP contribution < -0.4 is 10.1 Å². The van der Waals surface area contributed by atoms with Gasteiger partial charge in [0.2, 0.25) is 5.91 Å². The Kier molecular flexibility index (Phi) is 9.74. The monoisotopic (exact) mass is 614 g/mol. The Morgan fingerprint density at radius 3 is 2.22 bits per heavy atom. The Morgan fingerprint density at radius 1 is 0.944 bits per heavy atom. The first-order valence-electron chi connectivity index (χ1n) is 11.8. The first-order valence-corrected chi connectivity index (χ1v) is 13.4. The van der Waals surface area contributed by atoms with Gasteiger partial charge in [-0.05, 0) is 74.7 Å². The maximum Gasteiger partial charge on any atom is 0.261 e. The summed E-state index contributed by atoms with van der Waals surface area (Å²) in [5, 5.41) is 3.07. The maximum absolute atomic E-state index is 13.6. The lowest BCUT2D eigenvalue weighted by atomic mass is 10.0. The lowest BCUT2D eigenvalue weighted by molar-refractivity contribution is -0.143. The summed E-state index contributed by atoms with van der Waals surface area (Å²) in [7, 11) is 0. The van der Waals surface area contributed by atoms with Crippen molar-refractivity contribution in [3.63, 3.8) is 0 Å². The molecule has 7 heteroatoms. The number of nitrogens with zero attached hydrogens (tertiary/aromatic N) is 1. The molecule has 0 aliphatic carbocycles. The van der Waals surface area contributed by atoms with E-state index in [2.05, 4.69) is 37.2 Å². The van der Waals surface area contributed by atoms with Crippen LogP contribution in [0.3, 0.4) is 0 Å². The van der Waals surface area contributed by atoms with Crippen LogP contribution in [0, 0.1) is 6.92 Å².